The van der Waals surface area contributed by atoms with Crippen molar-refractivity contribution in [1.29, 1.82) is 0 Å². The van der Waals surface area contributed by atoms with Crippen molar-refractivity contribution >= 4 is 51.9 Å². The smallest absolute Gasteiger partial charge is 0.254 e. The molecule has 1 fully saturated rings. The van der Waals surface area contributed by atoms with E-state index in [4.69, 9.17) is 5.73 Å². The number of thiazole rings is 1. The van der Waals surface area contributed by atoms with Crippen molar-refractivity contribution in [2.24, 2.45) is 5.73 Å². The second kappa shape index (κ2) is 10.7. The van der Waals surface area contributed by atoms with Crippen molar-refractivity contribution in [3.63, 3.8) is 0 Å². The van der Waals surface area contributed by atoms with Crippen LogP contribution >= 0.6 is 36.2 Å². The van der Waals surface area contributed by atoms with Gasteiger partial charge in [0.05, 0.1) is 17.2 Å². The Morgan fingerprint density at radius 2 is 1.88 bits per heavy atom. The van der Waals surface area contributed by atoms with E-state index >= 15 is 0 Å². The van der Waals surface area contributed by atoms with Gasteiger partial charge in [-0.05, 0) is 35.7 Å². The van der Waals surface area contributed by atoms with Crippen LogP contribution in [-0.2, 0) is 16.4 Å². The molecule has 1 saturated heterocycles. The molecule has 1 amide bonds. The topological polar surface area (TPSA) is 114 Å². The van der Waals surface area contributed by atoms with E-state index in [1.807, 2.05) is 30.3 Å². The van der Waals surface area contributed by atoms with Gasteiger partial charge in [0, 0.05) is 25.2 Å². The molecular weight excluding hydrogens is 493 g/mol. The summed E-state index contributed by atoms with van der Waals surface area (Å²) in [6.45, 7) is 0.836. The van der Waals surface area contributed by atoms with Crippen LogP contribution < -0.4 is 5.73 Å². The number of nitrogens with two attached hydrogens (primary N) is 1. The molecule has 3 aromatic rings. The molecular formula is C21H23Cl2N3O4S2. The number of carbonyl (C=O) groups excluding carboxylic acids is 1. The summed E-state index contributed by atoms with van der Waals surface area (Å²) in [6, 6.07) is 14.0. The first kappa shape index (κ1) is 26.2. The zero-order chi connectivity index (χ0) is 21.3. The lowest BCUT2D eigenvalue weighted by Gasteiger charge is -2.17. The number of aliphatic hydroxyl groups excluding tert-OH is 1. The summed E-state index contributed by atoms with van der Waals surface area (Å²) in [5.74, 6) is -0.298. The van der Waals surface area contributed by atoms with Crippen molar-refractivity contribution in [3.8, 4) is 11.1 Å². The lowest BCUT2D eigenvalue weighted by atomic mass is 10.0. The van der Waals surface area contributed by atoms with Crippen molar-refractivity contribution < 1.29 is 18.3 Å². The molecule has 1 aromatic heterocycles. The average Bonchev–Trinajstić information content (AvgIpc) is 3.43. The van der Waals surface area contributed by atoms with Crippen molar-refractivity contribution in [1.82, 2.24) is 9.88 Å². The van der Waals surface area contributed by atoms with Gasteiger partial charge in [-0.2, -0.15) is 0 Å². The Morgan fingerprint density at radius 3 is 2.47 bits per heavy atom. The number of halogens is 2. The standard InChI is InChI=1S/C21H21N3O4S2.2ClH/c22-11-19-23-12-20(29-19)30(27,28)18-9-15(14-4-2-1-3-5-14)8-16(10-18)21(26)24-7-6-17(25)13-24;;/h1-5,8-10,12,17,25H,6-7,11,13,22H2;2*1H. The van der Waals surface area contributed by atoms with E-state index in [0.717, 1.165) is 16.9 Å². The molecule has 1 atom stereocenters. The van der Waals surface area contributed by atoms with Crippen LogP contribution in [0.5, 0.6) is 0 Å². The molecule has 0 aliphatic carbocycles. The Hall–Kier alpha value is -2.01. The van der Waals surface area contributed by atoms with Gasteiger partial charge in [-0.3, -0.25) is 4.79 Å². The predicted octanol–water partition coefficient (Wildman–Crippen LogP) is 3.15. The largest absolute Gasteiger partial charge is 0.391 e. The second-order valence-electron chi connectivity index (χ2n) is 7.09. The highest BCUT2D eigenvalue weighted by atomic mass is 35.5. The van der Waals surface area contributed by atoms with Gasteiger partial charge < -0.3 is 15.7 Å². The predicted molar refractivity (Wildman–Crippen MR) is 128 cm³/mol. The van der Waals surface area contributed by atoms with Gasteiger partial charge in [-0.15, -0.1) is 36.2 Å². The van der Waals surface area contributed by atoms with Gasteiger partial charge in [0.25, 0.3) is 5.91 Å². The highest BCUT2D eigenvalue weighted by Crippen LogP contribution is 2.31. The molecule has 0 spiro atoms. The van der Waals surface area contributed by atoms with Crippen LogP contribution in [0.3, 0.4) is 0 Å². The fourth-order valence-electron chi connectivity index (χ4n) is 3.41. The molecule has 11 heteroatoms. The number of amides is 1. The molecule has 32 heavy (non-hydrogen) atoms. The number of sulfone groups is 1. The van der Waals surface area contributed by atoms with E-state index in [1.165, 1.54) is 12.3 Å². The molecule has 4 rings (SSSR count). The van der Waals surface area contributed by atoms with Gasteiger partial charge in [0.15, 0.2) is 0 Å². The maximum Gasteiger partial charge on any atom is 0.254 e. The Morgan fingerprint density at radius 1 is 1.16 bits per heavy atom. The van der Waals surface area contributed by atoms with Gasteiger partial charge >= 0.3 is 0 Å². The summed E-state index contributed by atoms with van der Waals surface area (Å²) in [7, 11) is -3.87. The number of likely N-dealkylation sites (tertiary alicyclic amines) is 1. The van der Waals surface area contributed by atoms with Crippen LogP contribution in [0, 0.1) is 0 Å². The monoisotopic (exact) mass is 515 g/mol. The van der Waals surface area contributed by atoms with Crippen LogP contribution in [0.2, 0.25) is 0 Å². The number of benzene rings is 2. The number of rotatable bonds is 5. The minimum Gasteiger partial charge on any atom is -0.391 e. The quantitative estimate of drug-likeness (QED) is 0.539. The Labute approximate surface area is 203 Å². The minimum absolute atomic E-state index is 0. The normalized spacial score (nSPS) is 15.7. The average molecular weight is 516 g/mol. The first-order chi connectivity index (χ1) is 14.4. The molecule has 1 aliphatic heterocycles. The van der Waals surface area contributed by atoms with E-state index < -0.39 is 15.9 Å². The summed E-state index contributed by atoms with van der Waals surface area (Å²) in [4.78, 5) is 18.7. The summed E-state index contributed by atoms with van der Waals surface area (Å²) in [5.41, 5.74) is 7.27. The number of hydrogen-bond donors (Lipinski definition) is 2. The third kappa shape index (κ3) is 5.31. The van der Waals surface area contributed by atoms with Crippen molar-refractivity contribution in [2.45, 2.75) is 28.2 Å². The van der Waals surface area contributed by atoms with E-state index in [-0.39, 0.29) is 58.5 Å². The molecule has 7 nitrogen and oxygen atoms in total. The van der Waals surface area contributed by atoms with Crippen LogP contribution in [0.25, 0.3) is 11.1 Å². The lowest BCUT2D eigenvalue weighted by Crippen LogP contribution is -2.29. The van der Waals surface area contributed by atoms with E-state index in [1.54, 1.807) is 17.0 Å². The summed E-state index contributed by atoms with van der Waals surface area (Å²) in [5, 5.41) is 10.3. The number of aliphatic hydroxyl groups is 1. The highest BCUT2D eigenvalue weighted by molar-refractivity contribution is 7.93. The van der Waals surface area contributed by atoms with Gasteiger partial charge in [0.1, 0.15) is 9.22 Å². The van der Waals surface area contributed by atoms with Crippen molar-refractivity contribution in [2.75, 3.05) is 13.1 Å². The van der Waals surface area contributed by atoms with Crippen molar-refractivity contribution in [3.05, 3.63) is 65.3 Å². The number of aromatic nitrogens is 1. The Bertz CT molecular complexity index is 1190. The zero-order valence-corrected chi connectivity index (χ0v) is 20.1. The SMILES string of the molecule is Cl.Cl.NCc1ncc(S(=O)(=O)c2cc(C(=O)N3CCC(O)C3)cc(-c3ccccc3)c2)s1. The fraction of sp³-hybridized carbons (Fsp3) is 0.238. The lowest BCUT2D eigenvalue weighted by molar-refractivity contribution is 0.0765. The maximum absolute atomic E-state index is 13.3. The third-order valence-corrected chi connectivity index (χ3v) is 8.21. The van der Waals surface area contributed by atoms with Crippen LogP contribution in [0.4, 0.5) is 0 Å². The first-order valence-electron chi connectivity index (χ1n) is 9.46. The summed E-state index contributed by atoms with van der Waals surface area (Å²) < 4.78 is 26.6. The zero-order valence-electron chi connectivity index (χ0n) is 16.9. The fourth-order valence-corrected chi connectivity index (χ4v) is 5.94. The first-order valence-corrected chi connectivity index (χ1v) is 11.8. The summed E-state index contributed by atoms with van der Waals surface area (Å²) >= 11 is 1.02. The second-order valence-corrected chi connectivity index (χ2v) is 10.4. The third-order valence-electron chi connectivity index (χ3n) is 4.99. The Balaban J connectivity index is 0.00000181. The Kier molecular flexibility index (Phi) is 8.81. The number of carbonyl (C=O) groups is 1. The number of β-amino-alcohol motifs (C(OH)–C–C–N with tert-alkyl or cyclic N) is 1. The van der Waals surface area contributed by atoms with Gasteiger partial charge in [-0.25, -0.2) is 13.4 Å². The number of hydrogen-bond acceptors (Lipinski definition) is 7. The summed E-state index contributed by atoms with van der Waals surface area (Å²) in [6.07, 6.45) is 1.26. The molecule has 1 aliphatic rings. The molecule has 2 aromatic carbocycles. The maximum atomic E-state index is 13.3. The molecule has 0 saturated carbocycles. The minimum atomic E-state index is -3.87. The molecule has 172 valence electrons. The molecule has 2 heterocycles. The van der Waals surface area contributed by atoms with Gasteiger partial charge in [-0.1, -0.05) is 30.3 Å². The van der Waals surface area contributed by atoms with Crippen LogP contribution in [-0.4, -0.2) is 48.5 Å². The van der Waals surface area contributed by atoms with E-state index in [9.17, 15) is 18.3 Å². The van der Waals surface area contributed by atoms with Crippen LogP contribution in [0.1, 0.15) is 21.8 Å². The highest BCUT2D eigenvalue weighted by Gasteiger charge is 2.28. The molecule has 0 bridgehead atoms. The molecule has 0 radical (unpaired) electrons. The van der Waals surface area contributed by atoms with Crippen LogP contribution in [0.15, 0.2) is 63.8 Å². The van der Waals surface area contributed by atoms with E-state index in [2.05, 4.69) is 4.98 Å². The van der Waals surface area contributed by atoms with E-state index in [0.29, 0.717) is 23.5 Å². The number of nitrogens with zero attached hydrogens (tertiary/aromatic N) is 2. The molecule has 1 unspecified atom stereocenters. The molecule has 3 N–H and O–H groups in total. The van der Waals surface area contributed by atoms with Gasteiger partial charge in [0.2, 0.25) is 9.84 Å².